The van der Waals surface area contributed by atoms with Gasteiger partial charge in [-0.1, -0.05) is 30.3 Å². The van der Waals surface area contributed by atoms with Crippen molar-refractivity contribution < 1.29 is 14.3 Å². The summed E-state index contributed by atoms with van der Waals surface area (Å²) in [6, 6.07) is 17.7. The molecule has 192 valence electrons. The molecule has 8 nitrogen and oxygen atoms in total. The number of halogens is 1. The predicted octanol–water partition coefficient (Wildman–Crippen LogP) is 4.63. The molecule has 4 heterocycles. The van der Waals surface area contributed by atoms with Crippen molar-refractivity contribution in [2.75, 3.05) is 29.9 Å². The molecular weight excluding hydrogens is 490 g/mol. The van der Waals surface area contributed by atoms with Gasteiger partial charge in [0.2, 0.25) is 11.6 Å². The first-order valence-electron chi connectivity index (χ1n) is 12.6. The Morgan fingerprint density at radius 1 is 1.00 bits per heavy atom. The van der Waals surface area contributed by atoms with Crippen LogP contribution in [-0.2, 0) is 4.79 Å². The lowest BCUT2D eigenvalue weighted by molar-refractivity contribution is -0.117. The summed E-state index contributed by atoms with van der Waals surface area (Å²) < 4.78 is 6.37. The lowest BCUT2D eigenvalue weighted by Crippen LogP contribution is -2.36. The predicted molar refractivity (Wildman–Crippen MR) is 147 cm³/mol. The van der Waals surface area contributed by atoms with E-state index in [9.17, 15) is 9.90 Å². The summed E-state index contributed by atoms with van der Waals surface area (Å²) in [4.78, 5) is 23.8. The van der Waals surface area contributed by atoms with Gasteiger partial charge in [0, 0.05) is 29.9 Å². The largest absolute Gasteiger partial charge is 0.437 e. The molecule has 0 bridgehead atoms. The van der Waals surface area contributed by atoms with Crippen molar-refractivity contribution in [3.8, 4) is 22.5 Å². The number of anilines is 2. The molecule has 0 aliphatic carbocycles. The van der Waals surface area contributed by atoms with Gasteiger partial charge < -0.3 is 25.1 Å². The van der Waals surface area contributed by atoms with Crippen LogP contribution in [0.2, 0.25) is 0 Å². The monoisotopic (exact) mass is 519 g/mol. The van der Waals surface area contributed by atoms with Crippen molar-refractivity contribution >= 4 is 40.9 Å². The lowest BCUT2D eigenvalue weighted by atomic mass is 9.98. The van der Waals surface area contributed by atoms with Crippen LogP contribution in [0.5, 0.6) is 0 Å². The summed E-state index contributed by atoms with van der Waals surface area (Å²) in [5, 5.41) is 17.1. The second-order valence-electron chi connectivity index (χ2n) is 9.48. The molecule has 9 heteroatoms. The first-order chi connectivity index (χ1) is 17.7. The van der Waals surface area contributed by atoms with Gasteiger partial charge >= 0.3 is 0 Å². The van der Waals surface area contributed by atoms with Crippen LogP contribution in [0.25, 0.3) is 33.6 Å². The number of furan rings is 1. The highest BCUT2D eigenvalue weighted by molar-refractivity contribution is 6.06. The number of rotatable bonds is 5. The van der Waals surface area contributed by atoms with E-state index in [4.69, 9.17) is 4.42 Å². The molecule has 0 spiro atoms. The zero-order valence-corrected chi connectivity index (χ0v) is 21.2. The van der Waals surface area contributed by atoms with E-state index in [0.717, 1.165) is 66.1 Å². The minimum atomic E-state index is -0.268. The zero-order valence-electron chi connectivity index (χ0n) is 20.4. The molecule has 6 rings (SSSR count). The molecule has 2 aliphatic heterocycles. The smallest absolute Gasteiger partial charge is 0.241 e. The molecule has 37 heavy (non-hydrogen) atoms. The van der Waals surface area contributed by atoms with Crippen LogP contribution in [0.3, 0.4) is 0 Å². The fourth-order valence-electron chi connectivity index (χ4n) is 5.16. The Balaban J connectivity index is 0.00000280. The minimum Gasteiger partial charge on any atom is -0.437 e. The Kier molecular flexibility index (Phi) is 7.41. The first-order valence-corrected chi connectivity index (χ1v) is 12.6. The maximum absolute atomic E-state index is 12.5. The van der Waals surface area contributed by atoms with Crippen molar-refractivity contribution in [3.05, 3.63) is 60.9 Å². The van der Waals surface area contributed by atoms with E-state index >= 15 is 0 Å². The summed E-state index contributed by atoms with van der Waals surface area (Å²) in [7, 11) is 0. The molecule has 2 aromatic carbocycles. The van der Waals surface area contributed by atoms with Gasteiger partial charge in [0.25, 0.3) is 0 Å². The molecule has 0 unspecified atom stereocenters. The van der Waals surface area contributed by atoms with Crippen molar-refractivity contribution in [2.24, 2.45) is 0 Å². The van der Waals surface area contributed by atoms with Gasteiger partial charge in [-0.2, -0.15) is 0 Å². The molecule has 0 saturated carbocycles. The fourth-order valence-corrected chi connectivity index (χ4v) is 5.16. The standard InChI is InChI=1S/C28H29N5O3.ClH/c34-21-12-15-33(16-13-21)26-24-23(18-5-2-1-3-6-18)25(36-28(24)31-17-30-26)19-8-10-20(11-9-19)32-27(35)22-7-4-14-29-22;/h1-3,5-6,8-11,17,21-22,29,34H,4,7,12-16H2,(H,32,35);1H/t22-;/m1./s1. The van der Waals surface area contributed by atoms with Crippen LogP contribution in [0.15, 0.2) is 65.3 Å². The molecule has 2 fully saturated rings. The van der Waals surface area contributed by atoms with Gasteiger partial charge in [-0.15, -0.1) is 12.4 Å². The van der Waals surface area contributed by atoms with Crippen molar-refractivity contribution in [2.45, 2.75) is 37.8 Å². The van der Waals surface area contributed by atoms with Gasteiger partial charge in [0.15, 0.2) is 0 Å². The van der Waals surface area contributed by atoms with Crippen LogP contribution >= 0.6 is 12.4 Å². The van der Waals surface area contributed by atoms with E-state index in [1.807, 2.05) is 42.5 Å². The van der Waals surface area contributed by atoms with Gasteiger partial charge in [-0.25, -0.2) is 9.97 Å². The summed E-state index contributed by atoms with van der Waals surface area (Å²) in [6.45, 7) is 2.34. The number of hydrogen-bond acceptors (Lipinski definition) is 7. The van der Waals surface area contributed by atoms with E-state index in [2.05, 4.69) is 37.6 Å². The Hall–Kier alpha value is -3.46. The topological polar surface area (TPSA) is 104 Å². The summed E-state index contributed by atoms with van der Waals surface area (Å²) in [5.41, 5.74) is 4.14. The Labute approximate surface area is 221 Å². The fraction of sp³-hybridized carbons (Fsp3) is 0.321. The summed E-state index contributed by atoms with van der Waals surface area (Å²) >= 11 is 0. The number of aliphatic hydroxyl groups is 1. The average molecular weight is 520 g/mol. The molecule has 1 amide bonds. The molecule has 0 radical (unpaired) electrons. The van der Waals surface area contributed by atoms with E-state index in [1.54, 1.807) is 6.33 Å². The first kappa shape index (κ1) is 25.2. The van der Waals surface area contributed by atoms with E-state index < -0.39 is 0 Å². The number of nitrogens with zero attached hydrogens (tertiary/aromatic N) is 3. The van der Waals surface area contributed by atoms with Crippen molar-refractivity contribution in [3.63, 3.8) is 0 Å². The highest BCUT2D eigenvalue weighted by Crippen LogP contribution is 2.43. The van der Waals surface area contributed by atoms with Crippen LogP contribution in [0.4, 0.5) is 11.5 Å². The molecular formula is C28H30ClN5O3. The SMILES string of the molecule is Cl.O=C(Nc1ccc(-c2oc3ncnc(N4CCC(O)CC4)c3c2-c2ccccc2)cc1)[C@H]1CCCN1. The number of carbonyl (C=O) groups excluding carboxylic acids is 1. The van der Waals surface area contributed by atoms with Crippen LogP contribution < -0.4 is 15.5 Å². The number of fused-ring (bicyclic) bond motifs is 1. The number of hydrogen-bond donors (Lipinski definition) is 3. The maximum atomic E-state index is 12.5. The number of aliphatic hydroxyl groups excluding tert-OH is 1. The number of aromatic nitrogens is 2. The number of carbonyl (C=O) groups is 1. The number of piperidine rings is 1. The highest BCUT2D eigenvalue weighted by atomic mass is 35.5. The van der Waals surface area contributed by atoms with Gasteiger partial charge in [0.05, 0.1) is 17.5 Å². The number of nitrogens with one attached hydrogen (secondary N) is 2. The third-order valence-electron chi connectivity index (χ3n) is 7.09. The quantitative estimate of drug-likeness (QED) is 0.353. The van der Waals surface area contributed by atoms with Crippen molar-refractivity contribution in [1.29, 1.82) is 0 Å². The summed E-state index contributed by atoms with van der Waals surface area (Å²) in [6.07, 6.45) is 4.58. The molecule has 3 N–H and O–H groups in total. The molecule has 2 aliphatic rings. The highest BCUT2D eigenvalue weighted by Gasteiger charge is 2.27. The third kappa shape index (κ3) is 5.05. The molecule has 4 aromatic rings. The van der Waals surface area contributed by atoms with E-state index in [1.165, 1.54) is 0 Å². The Morgan fingerprint density at radius 3 is 2.46 bits per heavy atom. The molecule has 2 aromatic heterocycles. The van der Waals surface area contributed by atoms with Gasteiger partial charge in [0.1, 0.15) is 17.9 Å². The van der Waals surface area contributed by atoms with E-state index in [0.29, 0.717) is 24.3 Å². The maximum Gasteiger partial charge on any atom is 0.241 e. The molecule has 1 atom stereocenters. The van der Waals surface area contributed by atoms with Gasteiger partial charge in [-0.3, -0.25) is 4.79 Å². The Morgan fingerprint density at radius 2 is 1.76 bits per heavy atom. The van der Waals surface area contributed by atoms with E-state index in [-0.39, 0.29) is 30.5 Å². The third-order valence-corrected chi connectivity index (χ3v) is 7.09. The summed E-state index contributed by atoms with van der Waals surface area (Å²) in [5.74, 6) is 1.54. The normalized spacial score (nSPS) is 18.1. The Bertz CT molecular complexity index is 1360. The number of amides is 1. The van der Waals surface area contributed by atoms with Gasteiger partial charge in [-0.05, 0) is 62.1 Å². The lowest BCUT2D eigenvalue weighted by Gasteiger charge is -2.30. The zero-order chi connectivity index (χ0) is 24.5. The second kappa shape index (κ2) is 10.9. The van der Waals surface area contributed by atoms with Crippen LogP contribution in [0.1, 0.15) is 25.7 Å². The van der Waals surface area contributed by atoms with Crippen LogP contribution in [0, 0.1) is 0 Å². The molecule has 2 saturated heterocycles. The minimum absolute atomic E-state index is 0. The van der Waals surface area contributed by atoms with Crippen LogP contribution in [-0.4, -0.2) is 52.8 Å². The van der Waals surface area contributed by atoms with Crippen molar-refractivity contribution in [1.82, 2.24) is 15.3 Å². The number of benzene rings is 2. The average Bonchev–Trinajstić information content (AvgIpc) is 3.59. The second-order valence-corrected chi connectivity index (χ2v) is 9.48.